The van der Waals surface area contributed by atoms with Gasteiger partial charge in [-0.3, -0.25) is 9.78 Å². The Hall–Kier alpha value is -3.08. The van der Waals surface area contributed by atoms with Gasteiger partial charge in [-0.25, -0.2) is 8.78 Å². The van der Waals surface area contributed by atoms with Gasteiger partial charge in [0.05, 0.1) is 0 Å². The standard InChI is InChI=1S/C20H14F2N2O/c1-11-2-3-12(9-23-11)16-6-13-10-24-20(25)17(13)8-18(16)15-5-4-14(21)7-19(15)22/h2-9H,10H2,1H3,(H,24,25). The van der Waals surface area contributed by atoms with Crippen LogP contribution in [0.1, 0.15) is 21.6 Å². The Bertz CT molecular complexity index is 997. The van der Waals surface area contributed by atoms with Crippen LogP contribution in [0.3, 0.4) is 0 Å². The van der Waals surface area contributed by atoms with Crippen molar-refractivity contribution in [3.63, 3.8) is 0 Å². The van der Waals surface area contributed by atoms with Crippen LogP contribution in [0.4, 0.5) is 8.78 Å². The highest BCUT2D eigenvalue weighted by Crippen LogP contribution is 2.37. The number of benzene rings is 2. The Morgan fingerprint density at radius 2 is 1.80 bits per heavy atom. The van der Waals surface area contributed by atoms with Crippen molar-refractivity contribution in [2.45, 2.75) is 13.5 Å². The Labute approximate surface area is 143 Å². The lowest BCUT2D eigenvalue weighted by atomic mass is 9.91. The number of hydrogen-bond donors (Lipinski definition) is 1. The zero-order chi connectivity index (χ0) is 17.6. The van der Waals surface area contributed by atoms with Crippen LogP contribution in [-0.2, 0) is 6.54 Å². The first-order chi connectivity index (χ1) is 12.0. The number of aromatic nitrogens is 1. The highest BCUT2D eigenvalue weighted by molar-refractivity contribution is 6.01. The van der Waals surface area contributed by atoms with Crippen molar-refractivity contribution < 1.29 is 13.6 Å². The summed E-state index contributed by atoms with van der Waals surface area (Å²) < 4.78 is 27.7. The monoisotopic (exact) mass is 336 g/mol. The summed E-state index contributed by atoms with van der Waals surface area (Å²) in [5.41, 5.74) is 4.60. The smallest absolute Gasteiger partial charge is 0.251 e. The Morgan fingerprint density at radius 1 is 0.960 bits per heavy atom. The minimum Gasteiger partial charge on any atom is -0.348 e. The lowest BCUT2D eigenvalue weighted by Gasteiger charge is -2.13. The van der Waals surface area contributed by atoms with E-state index in [1.54, 1.807) is 12.3 Å². The van der Waals surface area contributed by atoms with Crippen LogP contribution in [-0.4, -0.2) is 10.9 Å². The lowest BCUT2D eigenvalue weighted by molar-refractivity contribution is 0.0966. The minimum absolute atomic E-state index is 0.188. The second-order valence-corrected chi connectivity index (χ2v) is 6.05. The summed E-state index contributed by atoms with van der Waals surface area (Å²) >= 11 is 0. The van der Waals surface area contributed by atoms with Gasteiger partial charge in [0.25, 0.3) is 5.91 Å². The van der Waals surface area contributed by atoms with E-state index < -0.39 is 11.6 Å². The maximum Gasteiger partial charge on any atom is 0.251 e. The van der Waals surface area contributed by atoms with Crippen molar-refractivity contribution in [3.8, 4) is 22.3 Å². The number of rotatable bonds is 2. The van der Waals surface area contributed by atoms with Crippen molar-refractivity contribution in [3.05, 3.63) is 77.1 Å². The van der Waals surface area contributed by atoms with E-state index in [0.29, 0.717) is 17.7 Å². The first-order valence-corrected chi connectivity index (χ1v) is 7.86. The van der Waals surface area contributed by atoms with E-state index in [-0.39, 0.29) is 11.5 Å². The molecule has 0 saturated carbocycles. The van der Waals surface area contributed by atoms with Crippen molar-refractivity contribution in [2.24, 2.45) is 0 Å². The van der Waals surface area contributed by atoms with Gasteiger partial charge < -0.3 is 5.32 Å². The van der Waals surface area contributed by atoms with Crippen molar-refractivity contribution in [1.29, 1.82) is 0 Å². The Balaban J connectivity index is 1.99. The average Bonchev–Trinajstić information content (AvgIpc) is 2.95. The number of halogens is 2. The molecule has 0 bridgehead atoms. The van der Waals surface area contributed by atoms with E-state index >= 15 is 0 Å². The van der Waals surface area contributed by atoms with Gasteiger partial charge in [-0.1, -0.05) is 6.07 Å². The number of amides is 1. The van der Waals surface area contributed by atoms with Crippen LogP contribution in [0.15, 0.2) is 48.7 Å². The Morgan fingerprint density at radius 3 is 2.52 bits per heavy atom. The molecule has 2 heterocycles. The summed E-state index contributed by atoms with van der Waals surface area (Å²) in [6.45, 7) is 2.32. The van der Waals surface area contributed by atoms with Gasteiger partial charge in [0.15, 0.2) is 0 Å². The fourth-order valence-electron chi connectivity index (χ4n) is 3.07. The zero-order valence-corrected chi connectivity index (χ0v) is 13.4. The molecule has 2 aromatic carbocycles. The van der Waals surface area contributed by atoms with E-state index in [0.717, 1.165) is 28.5 Å². The number of fused-ring (bicyclic) bond motifs is 1. The summed E-state index contributed by atoms with van der Waals surface area (Å²) in [7, 11) is 0. The third-order valence-corrected chi connectivity index (χ3v) is 4.37. The molecule has 0 unspecified atom stereocenters. The largest absolute Gasteiger partial charge is 0.348 e. The number of nitrogens with one attached hydrogen (secondary N) is 1. The number of hydrogen-bond acceptors (Lipinski definition) is 2. The average molecular weight is 336 g/mol. The molecule has 5 heteroatoms. The number of nitrogens with zero attached hydrogens (tertiary/aromatic N) is 1. The molecule has 3 aromatic rings. The SMILES string of the molecule is Cc1ccc(-c2cc3c(cc2-c2ccc(F)cc2F)C(=O)NC3)cn1. The topological polar surface area (TPSA) is 42.0 Å². The third-order valence-electron chi connectivity index (χ3n) is 4.37. The molecule has 3 nitrogen and oxygen atoms in total. The van der Waals surface area contributed by atoms with Gasteiger partial charge in [-0.05, 0) is 53.9 Å². The second-order valence-electron chi connectivity index (χ2n) is 6.05. The number of carbonyl (C=O) groups is 1. The lowest BCUT2D eigenvalue weighted by Crippen LogP contribution is -2.12. The van der Waals surface area contributed by atoms with E-state index in [2.05, 4.69) is 10.3 Å². The second kappa shape index (κ2) is 5.77. The molecule has 1 aliphatic heterocycles. The summed E-state index contributed by atoms with van der Waals surface area (Å²) in [6.07, 6.45) is 1.71. The molecule has 124 valence electrons. The summed E-state index contributed by atoms with van der Waals surface area (Å²) in [4.78, 5) is 16.3. The van der Waals surface area contributed by atoms with Crippen LogP contribution in [0, 0.1) is 18.6 Å². The Kier molecular flexibility index (Phi) is 3.57. The van der Waals surface area contributed by atoms with Crippen molar-refractivity contribution in [2.75, 3.05) is 0 Å². The minimum atomic E-state index is -0.667. The van der Waals surface area contributed by atoms with E-state index in [9.17, 15) is 13.6 Å². The molecule has 0 saturated heterocycles. The van der Waals surface area contributed by atoms with E-state index in [1.807, 2.05) is 25.1 Å². The normalized spacial score (nSPS) is 12.8. The van der Waals surface area contributed by atoms with Gasteiger partial charge >= 0.3 is 0 Å². The molecule has 25 heavy (non-hydrogen) atoms. The molecule has 0 spiro atoms. The molecule has 1 aromatic heterocycles. The van der Waals surface area contributed by atoms with Gasteiger partial charge in [0.2, 0.25) is 0 Å². The summed E-state index contributed by atoms with van der Waals surface area (Å²) in [5, 5.41) is 2.77. The summed E-state index contributed by atoms with van der Waals surface area (Å²) in [5.74, 6) is -1.49. The molecular formula is C20H14F2N2O. The van der Waals surface area contributed by atoms with Crippen molar-refractivity contribution in [1.82, 2.24) is 10.3 Å². The van der Waals surface area contributed by atoms with Crippen LogP contribution in [0.25, 0.3) is 22.3 Å². The summed E-state index contributed by atoms with van der Waals surface area (Å²) in [6, 6.07) is 10.8. The van der Waals surface area contributed by atoms with Gasteiger partial charge in [0, 0.05) is 41.2 Å². The van der Waals surface area contributed by atoms with Gasteiger partial charge in [0.1, 0.15) is 11.6 Å². The van der Waals surface area contributed by atoms with Crippen molar-refractivity contribution >= 4 is 5.91 Å². The number of pyridine rings is 1. The molecule has 1 aliphatic rings. The first kappa shape index (κ1) is 15.4. The predicted octanol–water partition coefficient (Wildman–Crippen LogP) is 4.25. The highest BCUT2D eigenvalue weighted by atomic mass is 19.1. The first-order valence-electron chi connectivity index (χ1n) is 7.86. The van der Waals surface area contributed by atoms with Crippen LogP contribution >= 0.6 is 0 Å². The van der Waals surface area contributed by atoms with Gasteiger partial charge in [-0.2, -0.15) is 0 Å². The molecule has 0 aliphatic carbocycles. The molecule has 0 radical (unpaired) electrons. The molecule has 0 atom stereocenters. The molecular weight excluding hydrogens is 322 g/mol. The van der Waals surface area contributed by atoms with Crippen LogP contribution in [0.5, 0.6) is 0 Å². The molecule has 4 rings (SSSR count). The zero-order valence-electron chi connectivity index (χ0n) is 13.4. The fraction of sp³-hybridized carbons (Fsp3) is 0.100. The predicted molar refractivity (Wildman–Crippen MR) is 90.9 cm³/mol. The maximum atomic E-state index is 14.4. The third kappa shape index (κ3) is 2.67. The number of aryl methyl sites for hydroxylation is 1. The molecule has 1 amide bonds. The fourth-order valence-corrected chi connectivity index (χ4v) is 3.07. The molecule has 1 N–H and O–H groups in total. The highest BCUT2D eigenvalue weighted by Gasteiger charge is 2.23. The maximum absolute atomic E-state index is 14.4. The van der Waals surface area contributed by atoms with Crippen LogP contribution in [0.2, 0.25) is 0 Å². The quantitative estimate of drug-likeness (QED) is 0.760. The van der Waals surface area contributed by atoms with E-state index in [4.69, 9.17) is 0 Å². The number of carbonyl (C=O) groups excluding carboxylic acids is 1. The van der Waals surface area contributed by atoms with E-state index in [1.165, 1.54) is 12.1 Å². The molecule has 0 fully saturated rings. The van der Waals surface area contributed by atoms with Gasteiger partial charge in [-0.15, -0.1) is 0 Å². The van der Waals surface area contributed by atoms with Crippen LogP contribution < -0.4 is 5.32 Å².